The van der Waals surface area contributed by atoms with Crippen molar-refractivity contribution in [2.75, 3.05) is 0 Å². The highest BCUT2D eigenvalue weighted by atomic mass is 28.4. The Morgan fingerprint density at radius 3 is 2.24 bits per heavy atom. The van der Waals surface area contributed by atoms with Crippen LogP contribution in [0.15, 0.2) is 57.8 Å². The monoisotopic (exact) mass is 628 g/mol. The number of nitrogens with zero attached hydrogens (tertiary/aromatic N) is 3. The summed E-state index contributed by atoms with van der Waals surface area (Å²) in [4.78, 5) is 24.0. The minimum atomic E-state index is -1.80. The normalized spacial score (nSPS) is 17.4. The van der Waals surface area contributed by atoms with Gasteiger partial charge in [-0.2, -0.15) is 4.98 Å². The molecule has 0 unspecified atom stereocenters. The molecule has 4 aromatic rings. The Balaban J connectivity index is 1.35. The van der Waals surface area contributed by atoms with Crippen LogP contribution in [0.2, 0.25) is 18.1 Å². The molecule has 2 aromatic carbocycles. The topological polar surface area (TPSA) is 103 Å². The van der Waals surface area contributed by atoms with Crippen molar-refractivity contribution in [3.63, 3.8) is 0 Å². The van der Waals surface area contributed by atoms with Gasteiger partial charge in [0.2, 0.25) is 5.88 Å². The summed E-state index contributed by atoms with van der Waals surface area (Å²) < 4.78 is 18.2. The van der Waals surface area contributed by atoms with Gasteiger partial charge in [-0.3, -0.25) is 9.51 Å². The molecule has 8 nitrogen and oxygen atoms in total. The summed E-state index contributed by atoms with van der Waals surface area (Å²) in [5.74, 6) is 1.33. The Morgan fingerprint density at radius 1 is 0.956 bits per heavy atom. The lowest BCUT2D eigenvalue weighted by atomic mass is 9.94. The molecule has 2 heterocycles. The van der Waals surface area contributed by atoms with Crippen LogP contribution in [0, 0.1) is 6.92 Å². The number of hydrogen-bond donors (Lipinski definition) is 1. The van der Waals surface area contributed by atoms with Crippen molar-refractivity contribution >= 4 is 8.32 Å². The summed E-state index contributed by atoms with van der Waals surface area (Å²) >= 11 is 0. The molecule has 45 heavy (non-hydrogen) atoms. The molecule has 1 aliphatic carbocycles. The first-order valence-corrected chi connectivity index (χ1v) is 19.3. The molecule has 1 aliphatic rings. The number of H-pyrrole nitrogens is 1. The summed E-state index contributed by atoms with van der Waals surface area (Å²) in [6.45, 7) is 15.8. The van der Waals surface area contributed by atoms with Gasteiger partial charge in [0, 0.05) is 23.7 Å². The van der Waals surface area contributed by atoms with Gasteiger partial charge in [0.05, 0.1) is 5.69 Å². The first-order chi connectivity index (χ1) is 21.4. The number of benzene rings is 2. The maximum atomic E-state index is 11.6. The number of unbranched alkanes of at least 4 members (excludes halogenated alkanes) is 1. The Labute approximate surface area is 268 Å². The van der Waals surface area contributed by atoms with Gasteiger partial charge in [-0.05, 0) is 80.3 Å². The summed E-state index contributed by atoms with van der Waals surface area (Å²) in [6.07, 6.45) is 8.17. The molecule has 0 amide bonds. The van der Waals surface area contributed by atoms with Gasteiger partial charge in [0.1, 0.15) is 11.9 Å². The highest BCUT2D eigenvalue weighted by Gasteiger charge is 2.40. The molecule has 9 heteroatoms. The van der Waals surface area contributed by atoms with Gasteiger partial charge >= 0.3 is 5.76 Å². The average molecular weight is 629 g/mol. The van der Waals surface area contributed by atoms with Crippen LogP contribution in [0.5, 0.6) is 5.88 Å². The second-order valence-electron chi connectivity index (χ2n) is 13.9. The van der Waals surface area contributed by atoms with Crippen LogP contribution in [0.25, 0.3) is 22.5 Å². The minimum Gasteiger partial charge on any atom is -0.474 e. The zero-order chi connectivity index (χ0) is 32.2. The first kappa shape index (κ1) is 32.8. The van der Waals surface area contributed by atoms with Crippen LogP contribution in [-0.2, 0) is 17.3 Å². The third-order valence-corrected chi connectivity index (χ3v) is 13.9. The Kier molecular flexibility index (Phi) is 10.1. The number of rotatable bonds is 11. The minimum absolute atomic E-state index is 0.123. The summed E-state index contributed by atoms with van der Waals surface area (Å²) in [6, 6.07) is 16.4. The molecular weight excluding hydrogens is 581 g/mol. The lowest BCUT2D eigenvalue weighted by molar-refractivity contribution is 0.0694. The zero-order valence-corrected chi connectivity index (χ0v) is 28.9. The van der Waals surface area contributed by atoms with E-state index in [2.05, 4.69) is 75.2 Å². The molecule has 0 aliphatic heterocycles. The zero-order valence-electron chi connectivity index (χ0n) is 27.9. The van der Waals surface area contributed by atoms with Gasteiger partial charge in [-0.1, -0.05) is 87.8 Å². The summed E-state index contributed by atoms with van der Waals surface area (Å²) in [5.41, 5.74) is 6.13. The van der Waals surface area contributed by atoms with Crippen LogP contribution in [0.3, 0.4) is 0 Å². The van der Waals surface area contributed by atoms with Crippen molar-refractivity contribution in [1.82, 2.24) is 20.1 Å². The van der Waals surface area contributed by atoms with Gasteiger partial charge in [0.25, 0.3) is 0 Å². The first-order valence-electron chi connectivity index (χ1n) is 16.4. The van der Waals surface area contributed by atoms with Crippen LogP contribution in [-0.4, -0.2) is 40.6 Å². The highest BCUT2D eigenvalue weighted by Crippen LogP contribution is 2.40. The van der Waals surface area contributed by atoms with Gasteiger partial charge in [-0.25, -0.2) is 9.78 Å². The van der Waals surface area contributed by atoms with E-state index in [4.69, 9.17) is 23.7 Å². The number of aryl methyl sites for hydroxylation is 2. The molecule has 1 N–H and O–H groups in total. The predicted octanol–water partition coefficient (Wildman–Crippen LogP) is 8.44. The molecule has 0 spiro atoms. The summed E-state index contributed by atoms with van der Waals surface area (Å²) in [7, 11) is -1.80. The highest BCUT2D eigenvalue weighted by molar-refractivity contribution is 6.74. The van der Waals surface area contributed by atoms with Gasteiger partial charge < -0.3 is 9.16 Å². The summed E-state index contributed by atoms with van der Waals surface area (Å²) in [5, 5.41) is 4.11. The maximum absolute atomic E-state index is 11.6. The average Bonchev–Trinajstić information content (AvgIpc) is 3.44. The van der Waals surface area contributed by atoms with Crippen LogP contribution < -0.4 is 10.5 Å². The molecule has 0 radical (unpaired) electrons. The van der Waals surface area contributed by atoms with Crippen molar-refractivity contribution in [3.05, 3.63) is 81.7 Å². The van der Waals surface area contributed by atoms with Crippen molar-refractivity contribution in [2.45, 2.75) is 116 Å². The molecule has 240 valence electrons. The lowest BCUT2D eigenvalue weighted by Gasteiger charge is -2.41. The second kappa shape index (κ2) is 13.8. The van der Waals surface area contributed by atoms with E-state index in [1.807, 2.05) is 31.2 Å². The smallest absolute Gasteiger partial charge is 0.439 e. The molecule has 5 rings (SSSR count). The Morgan fingerprint density at radius 2 is 1.62 bits per heavy atom. The second-order valence-corrected chi connectivity index (χ2v) is 18.6. The fourth-order valence-corrected chi connectivity index (χ4v) is 7.19. The quantitative estimate of drug-likeness (QED) is 0.166. The standard InChI is InChI=1S/C36H48N4O4Si/c1-8-9-14-32-31(23-25-15-17-26(18-16-25)29-12-10-11-13-30(29)33-39-35(41)43-40-33)34(38-24(2)37-32)42-27-19-21-28(22-20-27)44-45(6,7)36(3,4)5/h10-13,15-18,27-28H,8-9,14,19-23H2,1-7H3,(H,39,40,41). The fourth-order valence-electron chi connectivity index (χ4n) is 5.76. The van der Waals surface area contributed by atoms with E-state index in [1.54, 1.807) is 0 Å². The number of aromatic nitrogens is 4. The van der Waals surface area contributed by atoms with E-state index >= 15 is 0 Å². The maximum Gasteiger partial charge on any atom is 0.439 e. The van der Waals surface area contributed by atoms with E-state index in [0.717, 1.165) is 90.2 Å². The van der Waals surface area contributed by atoms with E-state index in [1.165, 1.54) is 0 Å². The number of nitrogens with one attached hydrogen (secondary N) is 1. The predicted molar refractivity (Wildman–Crippen MR) is 181 cm³/mol. The van der Waals surface area contributed by atoms with Gasteiger partial charge in [-0.15, -0.1) is 0 Å². The van der Waals surface area contributed by atoms with Crippen LogP contribution in [0.1, 0.15) is 88.9 Å². The van der Waals surface area contributed by atoms with E-state index < -0.39 is 14.1 Å². The number of hydrogen-bond acceptors (Lipinski definition) is 7. The molecule has 1 fully saturated rings. The number of aromatic amines is 1. The lowest BCUT2D eigenvalue weighted by Crippen LogP contribution is -2.45. The number of ether oxygens (including phenoxy) is 1. The largest absolute Gasteiger partial charge is 0.474 e. The molecule has 0 bridgehead atoms. The van der Waals surface area contributed by atoms with Crippen LogP contribution in [0.4, 0.5) is 0 Å². The van der Waals surface area contributed by atoms with E-state index in [-0.39, 0.29) is 11.1 Å². The van der Waals surface area contributed by atoms with Crippen molar-refractivity contribution < 1.29 is 13.7 Å². The fraction of sp³-hybridized carbons (Fsp3) is 0.500. The van der Waals surface area contributed by atoms with Crippen molar-refractivity contribution in [1.29, 1.82) is 0 Å². The van der Waals surface area contributed by atoms with E-state index in [0.29, 0.717) is 18.3 Å². The van der Waals surface area contributed by atoms with E-state index in [9.17, 15) is 4.79 Å². The van der Waals surface area contributed by atoms with Crippen LogP contribution >= 0.6 is 0 Å². The molecule has 1 saturated carbocycles. The molecular formula is C36H48N4O4Si. The Hall–Kier alpha value is -3.56. The third kappa shape index (κ3) is 8.00. The molecule has 2 aromatic heterocycles. The Bertz CT molecular complexity index is 1630. The molecule has 0 atom stereocenters. The van der Waals surface area contributed by atoms with Crippen molar-refractivity contribution in [3.8, 4) is 28.4 Å². The van der Waals surface area contributed by atoms with Gasteiger partial charge in [0.15, 0.2) is 14.1 Å². The van der Waals surface area contributed by atoms with Crippen molar-refractivity contribution in [2.24, 2.45) is 0 Å². The molecule has 0 saturated heterocycles. The SMILES string of the molecule is CCCCc1nc(C)nc(OC2CCC(O[Si](C)(C)C(C)(C)C)CC2)c1Cc1ccc(-c2ccccc2-c2noc(=O)[nH]2)cc1. The third-order valence-electron chi connectivity index (χ3n) is 9.37.